The fraction of sp³-hybridized carbons (Fsp3) is 0. The maximum atomic E-state index is 12.0. The van der Waals surface area contributed by atoms with Gasteiger partial charge in [-0.2, -0.15) is 8.42 Å². The minimum Gasteiger partial charge on any atom is -0.508 e. The van der Waals surface area contributed by atoms with Crippen molar-refractivity contribution in [1.82, 2.24) is 0 Å². The third-order valence-electron chi connectivity index (χ3n) is 0.827. The Morgan fingerprint density at radius 2 is 1.46 bits per heavy atom. The average Bonchev–Trinajstić information content (AvgIpc) is 1.92. The van der Waals surface area contributed by atoms with Gasteiger partial charge in [0.15, 0.2) is 0 Å². The van der Waals surface area contributed by atoms with Gasteiger partial charge in [0.05, 0.1) is 0 Å². The Morgan fingerprint density at radius 1 is 1.15 bits per heavy atom. The number of aromatic hydroxyl groups is 1. The highest BCUT2D eigenvalue weighted by Gasteiger charge is 1.85. The molecule has 0 aromatic heterocycles. The van der Waals surface area contributed by atoms with E-state index >= 15 is 0 Å². The lowest BCUT2D eigenvalue weighted by Crippen LogP contribution is -2.21. The molecular formula is C6H9FN2O3S. The van der Waals surface area contributed by atoms with Crippen molar-refractivity contribution in [1.29, 1.82) is 0 Å². The van der Waals surface area contributed by atoms with Crippen molar-refractivity contribution in [3.05, 3.63) is 30.1 Å². The molecule has 5 nitrogen and oxygen atoms in total. The molecule has 0 aliphatic rings. The SMILES string of the molecule is NS(N)(=O)=O.Oc1ccc(F)cc1. The number of phenolic OH excluding ortho intramolecular Hbond substituents is 1. The van der Waals surface area contributed by atoms with E-state index in [-0.39, 0.29) is 11.6 Å². The van der Waals surface area contributed by atoms with Crippen LogP contribution in [0.4, 0.5) is 4.39 Å². The van der Waals surface area contributed by atoms with Crippen LogP contribution in [0.5, 0.6) is 5.75 Å². The quantitative estimate of drug-likeness (QED) is 0.543. The molecule has 0 saturated heterocycles. The number of phenols is 1. The highest BCUT2D eigenvalue weighted by atomic mass is 32.2. The van der Waals surface area contributed by atoms with Crippen molar-refractivity contribution in [2.75, 3.05) is 0 Å². The predicted molar refractivity (Wildman–Crippen MR) is 45.4 cm³/mol. The Balaban J connectivity index is 0.000000252. The molecule has 1 rings (SSSR count). The molecule has 0 saturated carbocycles. The Labute approximate surface area is 75.0 Å². The predicted octanol–water partition coefficient (Wildman–Crippen LogP) is -0.320. The Kier molecular flexibility index (Phi) is 4.32. The molecule has 0 aliphatic heterocycles. The fourth-order valence-corrected chi connectivity index (χ4v) is 0.441. The zero-order valence-corrected chi connectivity index (χ0v) is 7.33. The van der Waals surface area contributed by atoms with Crippen LogP contribution in [-0.4, -0.2) is 13.5 Å². The largest absolute Gasteiger partial charge is 0.508 e. The smallest absolute Gasteiger partial charge is 0.271 e. The van der Waals surface area contributed by atoms with E-state index in [1.54, 1.807) is 0 Å². The van der Waals surface area contributed by atoms with E-state index in [4.69, 9.17) is 5.11 Å². The van der Waals surface area contributed by atoms with Crippen molar-refractivity contribution in [2.24, 2.45) is 10.3 Å². The van der Waals surface area contributed by atoms with Crippen LogP contribution in [0.15, 0.2) is 24.3 Å². The molecule has 0 unspecified atom stereocenters. The Bertz CT molecular complexity index is 320. The number of halogens is 1. The maximum absolute atomic E-state index is 12.0. The van der Waals surface area contributed by atoms with E-state index < -0.39 is 10.2 Å². The molecule has 1 aromatic rings. The second-order valence-corrected chi connectivity index (χ2v) is 3.24. The third-order valence-corrected chi connectivity index (χ3v) is 0.827. The first-order valence-corrected chi connectivity index (χ1v) is 4.65. The van der Waals surface area contributed by atoms with Gasteiger partial charge in [-0.05, 0) is 24.3 Å². The molecule has 0 radical (unpaired) electrons. The van der Waals surface area contributed by atoms with Gasteiger partial charge in [-0.3, -0.25) is 0 Å². The Hall–Kier alpha value is -1.18. The molecule has 0 atom stereocenters. The second kappa shape index (κ2) is 4.75. The molecule has 0 amide bonds. The lowest BCUT2D eigenvalue weighted by Gasteiger charge is -1.86. The van der Waals surface area contributed by atoms with Crippen LogP contribution < -0.4 is 10.3 Å². The lowest BCUT2D eigenvalue weighted by atomic mass is 10.3. The average molecular weight is 208 g/mol. The van der Waals surface area contributed by atoms with Crippen LogP contribution in [0.25, 0.3) is 0 Å². The highest BCUT2D eigenvalue weighted by Crippen LogP contribution is 2.06. The highest BCUT2D eigenvalue weighted by molar-refractivity contribution is 7.86. The molecule has 0 heterocycles. The zero-order valence-electron chi connectivity index (χ0n) is 6.51. The van der Waals surface area contributed by atoms with Crippen molar-refractivity contribution in [2.45, 2.75) is 0 Å². The van der Waals surface area contributed by atoms with E-state index in [9.17, 15) is 12.8 Å². The van der Waals surface area contributed by atoms with Crippen molar-refractivity contribution in [3.63, 3.8) is 0 Å². The van der Waals surface area contributed by atoms with Crippen molar-refractivity contribution in [3.8, 4) is 5.75 Å². The number of hydrogen-bond acceptors (Lipinski definition) is 3. The molecule has 1 aromatic carbocycles. The van der Waals surface area contributed by atoms with Gasteiger partial charge >= 0.3 is 0 Å². The van der Waals surface area contributed by atoms with Crippen molar-refractivity contribution >= 4 is 10.2 Å². The molecule has 7 heteroatoms. The van der Waals surface area contributed by atoms with Gasteiger partial charge in [0, 0.05) is 0 Å². The third kappa shape index (κ3) is 10.8. The first kappa shape index (κ1) is 11.8. The molecule has 0 bridgehead atoms. The van der Waals surface area contributed by atoms with Crippen LogP contribution in [0.2, 0.25) is 0 Å². The topological polar surface area (TPSA) is 106 Å². The first-order valence-electron chi connectivity index (χ1n) is 3.04. The summed E-state index contributed by atoms with van der Waals surface area (Å²) < 4.78 is 30.4. The van der Waals surface area contributed by atoms with Gasteiger partial charge < -0.3 is 5.11 Å². The lowest BCUT2D eigenvalue weighted by molar-refractivity contribution is 0.473. The van der Waals surface area contributed by atoms with Crippen LogP contribution >= 0.6 is 0 Å². The number of benzene rings is 1. The molecule has 5 N–H and O–H groups in total. The van der Waals surface area contributed by atoms with E-state index in [2.05, 4.69) is 10.3 Å². The monoisotopic (exact) mass is 208 g/mol. The summed E-state index contributed by atoms with van der Waals surface area (Å²) in [7, 11) is -3.67. The zero-order chi connectivity index (χ0) is 10.5. The standard InChI is InChI=1S/C6H5FO.H4N2O2S/c7-5-1-3-6(8)4-2-5;1-5(2,3)4/h1-4,8H;(H4,1,2,3,4). The van der Waals surface area contributed by atoms with Crippen LogP contribution in [-0.2, 0) is 10.2 Å². The van der Waals surface area contributed by atoms with Gasteiger partial charge in [0.1, 0.15) is 11.6 Å². The Morgan fingerprint density at radius 3 is 1.69 bits per heavy atom. The summed E-state index contributed by atoms with van der Waals surface area (Å²) in [5.74, 6) is -0.241. The normalized spacial score (nSPS) is 10.1. The van der Waals surface area contributed by atoms with Gasteiger partial charge in [-0.15, -0.1) is 0 Å². The van der Waals surface area contributed by atoms with E-state index in [0.29, 0.717) is 0 Å². The second-order valence-electron chi connectivity index (χ2n) is 2.07. The minimum atomic E-state index is -3.67. The summed E-state index contributed by atoms with van der Waals surface area (Å²) in [6.07, 6.45) is 0. The number of hydrogen-bond donors (Lipinski definition) is 3. The summed E-state index contributed by atoms with van der Waals surface area (Å²) in [4.78, 5) is 0. The summed E-state index contributed by atoms with van der Waals surface area (Å²) in [5.41, 5.74) is 0. The van der Waals surface area contributed by atoms with Crippen LogP contribution in [0.1, 0.15) is 0 Å². The maximum Gasteiger partial charge on any atom is 0.271 e. The van der Waals surface area contributed by atoms with E-state index in [1.165, 1.54) is 24.3 Å². The molecule has 0 aliphatic carbocycles. The van der Waals surface area contributed by atoms with E-state index in [0.717, 1.165) is 0 Å². The molecule has 13 heavy (non-hydrogen) atoms. The van der Waals surface area contributed by atoms with Crippen LogP contribution in [0, 0.1) is 5.82 Å². The summed E-state index contributed by atoms with van der Waals surface area (Å²) in [5, 5.41) is 16.8. The molecule has 74 valence electrons. The summed E-state index contributed by atoms with van der Waals surface area (Å²) in [6.45, 7) is 0. The van der Waals surface area contributed by atoms with Gasteiger partial charge in [-0.1, -0.05) is 0 Å². The molecule has 0 spiro atoms. The fourth-order valence-electron chi connectivity index (χ4n) is 0.441. The summed E-state index contributed by atoms with van der Waals surface area (Å²) >= 11 is 0. The number of rotatable bonds is 0. The first-order chi connectivity index (χ1) is 5.79. The summed E-state index contributed by atoms with van der Waals surface area (Å²) in [6, 6.07) is 5.01. The minimum absolute atomic E-state index is 0.0893. The van der Waals surface area contributed by atoms with E-state index in [1.807, 2.05) is 0 Å². The van der Waals surface area contributed by atoms with Gasteiger partial charge in [-0.25, -0.2) is 14.7 Å². The van der Waals surface area contributed by atoms with Crippen molar-refractivity contribution < 1.29 is 17.9 Å². The number of nitrogens with two attached hydrogens (primary N) is 2. The van der Waals surface area contributed by atoms with Gasteiger partial charge in [0.2, 0.25) is 0 Å². The molecule has 0 fully saturated rings. The molecular weight excluding hydrogens is 199 g/mol. The van der Waals surface area contributed by atoms with Gasteiger partial charge in [0.25, 0.3) is 10.2 Å². The van der Waals surface area contributed by atoms with Crippen LogP contribution in [0.3, 0.4) is 0 Å².